The fourth-order valence-corrected chi connectivity index (χ4v) is 1.57. The lowest BCUT2D eigenvalue weighted by Crippen LogP contribution is -1.96. The van der Waals surface area contributed by atoms with Crippen molar-refractivity contribution < 1.29 is 0 Å². The molecule has 0 unspecified atom stereocenters. The molecule has 1 aromatic rings. The standard InChI is InChI=1S/C12H19N.C2H6/c1-4-6-7-12-9-13-10(3)8-11(12)5-2;1-2/h8-9H,4-7H2,1-3H3;1-2H3. The minimum Gasteiger partial charge on any atom is -0.261 e. The molecule has 1 rings (SSSR count). The Hall–Kier alpha value is -0.850. The maximum atomic E-state index is 4.34. The van der Waals surface area contributed by atoms with Gasteiger partial charge in [-0.05, 0) is 43.4 Å². The molecule has 1 heteroatoms. The molecule has 0 saturated heterocycles. The highest BCUT2D eigenvalue weighted by atomic mass is 14.7. The third-order valence-corrected chi connectivity index (χ3v) is 2.40. The Morgan fingerprint density at radius 2 is 1.80 bits per heavy atom. The molecule has 0 aliphatic heterocycles. The van der Waals surface area contributed by atoms with E-state index in [1.807, 2.05) is 20.0 Å². The topological polar surface area (TPSA) is 12.9 Å². The number of rotatable bonds is 4. The maximum absolute atomic E-state index is 4.34. The molecule has 0 radical (unpaired) electrons. The largest absolute Gasteiger partial charge is 0.261 e. The summed E-state index contributed by atoms with van der Waals surface area (Å²) in [6.45, 7) is 10.5. The quantitative estimate of drug-likeness (QED) is 0.716. The molecule has 15 heavy (non-hydrogen) atoms. The molecule has 1 heterocycles. The summed E-state index contributed by atoms with van der Waals surface area (Å²) in [7, 11) is 0. The summed E-state index contributed by atoms with van der Waals surface area (Å²) in [4.78, 5) is 4.34. The predicted octanol–water partition coefficient (Wildman–Crippen LogP) is 4.32. The lowest BCUT2D eigenvalue weighted by Gasteiger charge is -2.07. The molecule has 0 fully saturated rings. The van der Waals surface area contributed by atoms with E-state index in [-0.39, 0.29) is 0 Å². The summed E-state index contributed by atoms with van der Waals surface area (Å²) >= 11 is 0. The van der Waals surface area contributed by atoms with E-state index in [0.717, 1.165) is 12.1 Å². The highest BCUT2D eigenvalue weighted by Crippen LogP contribution is 2.12. The number of hydrogen-bond acceptors (Lipinski definition) is 1. The summed E-state index contributed by atoms with van der Waals surface area (Å²) in [5, 5.41) is 0. The van der Waals surface area contributed by atoms with Gasteiger partial charge in [0.15, 0.2) is 0 Å². The second kappa shape index (κ2) is 8.46. The van der Waals surface area contributed by atoms with E-state index in [0.29, 0.717) is 0 Å². The third-order valence-electron chi connectivity index (χ3n) is 2.40. The molecule has 0 N–H and O–H groups in total. The minimum absolute atomic E-state index is 1.13. The number of nitrogens with zero attached hydrogens (tertiary/aromatic N) is 1. The summed E-state index contributed by atoms with van der Waals surface area (Å²) < 4.78 is 0. The van der Waals surface area contributed by atoms with Gasteiger partial charge in [-0.3, -0.25) is 4.98 Å². The van der Waals surface area contributed by atoms with Crippen LogP contribution in [0.3, 0.4) is 0 Å². The monoisotopic (exact) mass is 207 g/mol. The maximum Gasteiger partial charge on any atom is 0.0375 e. The van der Waals surface area contributed by atoms with Crippen LogP contribution in [0, 0.1) is 6.92 Å². The van der Waals surface area contributed by atoms with Gasteiger partial charge in [-0.15, -0.1) is 0 Å². The third kappa shape index (κ3) is 4.96. The molecule has 0 aliphatic carbocycles. The fourth-order valence-electron chi connectivity index (χ4n) is 1.57. The summed E-state index contributed by atoms with van der Waals surface area (Å²) in [5.74, 6) is 0. The van der Waals surface area contributed by atoms with Gasteiger partial charge >= 0.3 is 0 Å². The van der Waals surface area contributed by atoms with Crippen molar-refractivity contribution in [2.45, 2.75) is 60.3 Å². The second-order valence-electron chi connectivity index (χ2n) is 3.55. The van der Waals surface area contributed by atoms with E-state index in [9.17, 15) is 0 Å². The van der Waals surface area contributed by atoms with Gasteiger partial charge in [-0.2, -0.15) is 0 Å². The first-order valence-corrected chi connectivity index (χ1v) is 6.22. The van der Waals surface area contributed by atoms with Crippen LogP contribution in [0.5, 0.6) is 0 Å². The van der Waals surface area contributed by atoms with Crippen molar-refractivity contribution in [3.63, 3.8) is 0 Å². The zero-order valence-corrected chi connectivity index (χ0v) is 10.9. The highest BCUT2D eigenvalue weighted by molar-refractivity contribution is 5.26. The van der Waals surface area contributed by atoms with Crippen molar-refractivity contribution in [3.05, 3.63) is 29.1 Å². The molecule has 0 saturated carbocycles. The zero-order valence-electron chi connectivity index (χ0n) is 10.9. The van der Waals surface area contributed by atoms with Crippen molar-refractivity contribution in [3.8, 4) is 0 Å². The highest BCUT2D eigenvalue weighted by Gasteiger charge is 2.00. The van der Waals surface area contributed by atoms with E-state index in [1.54, 1.807) is 0 Å². The SMILES string of the molecule is CC.CCCCc1cnc(C)cc1CC. The molecule has 0 amide bonds. The lowest BCUT2D eigenvalue weighted by molar-refractivity contribution is 0.782. The van der Waals surface area contributed by atoms with Crippen molar-refractivity contribution in [1.29, 1.82) is 0 Å². The van der Waals surface area contributed by atoms with Crippen LogP contribution < -0.4 is 0 Å². The van der Waals surface area contributed by atoms with Gasteiger partial charge in [0.1, 0.15) is 0 Å². The average molecular weight is 207 g/mol. The molecule has 0 aromatic carbocycles. The number of aryl methyl sites for hydroxylation is 3. The van der Waals surface area contributed by atoms with Gasteiger partial charge in [0.2, 0.25) is 0 Å². The van der Waals surface area contributed by atoms with Crippen LogP contribution in [-0.2, 0) is 12.8 Å². The molecule has 0 aliphatic rings. The number of unbranched alkanes of at least 4 members (excludes halogenated alkanes) is 1. The smallest absolute Gasteiger partial charge is 0.0375 e. The zero-order chi connectivity index (χ0) is 11.7. The van der Waals surface area contributed by atoms with E-state index >= 15 is 0 Å². The summed E-state index contributed by atoms with van der Waals surface area (Å²) in [6, 6.07) is 2.21. The van der Waals surface area contributed by atoms with Gasteiger partial charge in [-0.1, -0.05) is 34.1 Å². The van der Waals surface area contributed by atoms with E-state index in [4.69, 9.17) is 0 Å². The van der Waals surface area contributed by atoms with Gasteiger partial charge in [0, 0.05) is 11.9 Å². The first-order chi connectivity index (χ1) is 7.27. The molecule has 1 aromatic heterocycles. The van der Waals surface area contributed by atoms with Gasteiger partial charge in [0.05, 0.1) is 0 Å². The van der Waals surface area contributed by atoms with Crippen LogP contribution in [0.25, 0.3) is 0 Å². The number of aromatic nitrogens is 1. The average Bonchev–Trinajstić information content (AvgIpc) is 2.30. The van der Waals surface area contributed by atoms with Gasteiger partial charge in [0.25, 0.3) is 0 Å². The molecule has 0 atom stereocenters. The van der Waals surface area contributed by atoms with Crippen LogP contribution in [0.1, 0.15) is 57.4 Å². The Bertz CT molecular complexity index is 266. The lowest BCUT2D eigenvalue weighted by atomic mass is 10.0. The molecular weight excluding hydrogens is 182 g/mol. The van der Waals surface area contributed by atoms with Crippen LogP contribution in [0.15, 0.2) is 12.3 Å². The second-order valence-corrected chi connectivity index (χ2v) is 3.55. The first-order valence-electron chi connectivity index (χ1n) is 6.22. The summed E-state index contributed by atoms with van der Waals surface area (Å²) in [6.07, 6.45) is 6.90. The van der Waals surface area contributed by atoms with Crippen LogP contribution in [0.4, 0.5) is 0 Å². The molecule has 86 valence electrons. The Labute approximate surface area is 94.9 Å². The van der Waals surface area contributed by atoms with Gasteiger partial charge < -0.3 is 0 Å². The van der Waals surface area contributed by atoms with E-state index < -0.39 is 0 Å². The Morgan fingerprint density at radius 1 is 1.13 bits per heavy atom. The first kappa shape index (κ1) is 14.2. The molecule has 1 nitrogen and oxygen atoms in total. The molecule has 0 bridgehead atoms. The van der Waals surface area contributed by atoms with E-state index in [2.05, 4.69) is 31.8 Å². The fraction of sp³-hybridized carbons (Fsp3) is 0.643. The normalized spacial score (nSPS) is 9.40. The van der Waals surface area contributed by atoms with Crippen molar-refractivity contribution >= 4 is 0 Å². The number of hydrogen-bond donors (Lipinski definition) is 0. The number of pyridine rings is 1. The van der Waals surface area contributed by atoms with E-state index in [1.165, 1.54) is 30.4 Å². The van der Waals surface area contributed by atoms with Crippen molar-refractivity contribution in [1.82, 2.24) is 4.98 Å². The Morgan fingerprint density at radius 3 is 2.33 bits per heavy atom. The van der Waals surface area contributed by atoms with Crippen LogP contribution in [0.2, 0.25) is 0 Å². The van der Waals surface area contributed by atoms with Crippen molar-refractivity contribution in [2.24, 2.45) is 0 Å². The molecule has 0 spiro atoms. The minimum atomic E-state index is 1.13. The predicted molar refractivity (Wildman–Crippen MR) is 68.3 cm³/mol. The summed E-state index contributed by atoms with van der Waals surface area (Å²) in [5.41, 5.74) is 4.05. The van der Waals surface area contributed by atoms with Crippen LogP contribution in [-0.4, -0.2) is 4.98 Å². The van der Waals surface area contributed by atoms with Gasteiger partial charge in [-0.25, -0.2) is 0 Å². The Balaban J connectivity index is 0.000000921. The van der Waals surface area contributed by atoms with Crippen molar-refractivity contribution in [2.75, 3.05) is 0 Å². The molecular formula is C14H25N. The Kier molecular flexibility index (Phi) is 7.98. The van der Waals surface area contributed by atoms with Crippen LogP contribution >= 0.6 is 0 Å².